The summed E-state index contributed by atoms with van der Waals surface area (Å²) < 4.78 is 32.6. The van der Waals surface area contributed by atoms with Crippen LogP contribution >= 0.6 is 22.9 Å². The lowest BCUT2D eigenvalue weighted by atomic mass is 10.2. The number of sulfonamides is 1. The first-order valence-corrected chi connectivity index (χ1v) is 11.1. The molecular weight excluding hydrogens is 422 g/mol. The minimum absolute atomic E-state index is 0.189. The van der Waals surface area contributed by atoms with E-state index in [4.69, 9.17) is 16.0 Å². The molecule has 1 aliphatic heterocycles. The van der Waals surface area contributed by atoms with Crippen LogP contribution in [-0.2, 0) is 23.0 Å². The minimum atomic E-state index is -3.68. The van der Waals surface area contributed by atoms with Gasteiger partial charge in [-0.1, -0.05) is 17.7 Å². The molecule has 4 rings (SSSR count). The Morgan fingerprint density at radius 2 is 2.18 bits per heavy atom. The number of rotatable bonds is 4. The fourth-order valence-corrected chi connectivity index (χ4v) is 5.99. The van der Waals surface area contributed by atoms with Crippen molar-refractivity contribution in [3.05, 3.63) is 63.5 Å². The normalized spacial score (nSPS) is 14.6. The molecule has 1 aliphatic rings. The van der Waals surface area contributed by atoms with Gasteiger partial charge in [-0.15, -0.1) is 11.3 Å². The van der Waals surface area contributed by atoms with Crippen LogP contribution in [0.25, 0.3) is 0 Å². The lowest BCUT2D eigenvalue weighted by molar-refractivity contribution is 0.0996. The SMILES string of the molecule is Cc1ccc(Cl)cc1S(=O)(=O)N1CCc2nc(NC(=O)c3ccco3)sc2C1. The first-order chi connectivity index (χ1) is 13.3. The van der Waals surface area contributed by atoms with E-state index in [1.165, 1.54) is 28.0 Å². The van der Waals surface area contributed by atoms with Crippen LogP contribution < -0.4 is 5.32 Å². The maximum Gasteiger partial charge on any atom is 0.293 e. The third-order valence-electron chi connectivity index (χ3n) is 4.43. The van der Waals surface area contributed by atoms with Crippen LogP contribution in [0.4, 0.5) is 5.13 Å². The topological polar surface area (TPSA) is 92.5 Å². The zero-order chi connectivity index (χ0) is 19.9. The quantitative estimate of drug-likeness (QED) is 0.671. The predicted octanol–water partition coefficient (Wildman–Crippen LogP) is 3.70. The highest BCUT2D eigenvalue weighted by Crippen LogP contribution is 2.32. The number of carbonyl (C=O) groups is 1. The van der Waals surface area contributed by atoms with Gasteiger partial charge in [-0.2, -0.15) is 4.31 Å². The third kappa shape index (κ3) is 3.58. The highest BCUT2D eigenvalue weighted by atomic mass is 35.5. The molecule has 1 aromatic carbocycles. The number of amides is 1. The highest BCUT2D eigenvalue weighted by molar-refractivity contribution is 7.89. The Hall–Kier alpha value is -2.20. The number of halogens is 1. The maximum atomic E-state index is 13.1. The third-order valence-corrected chi connectivity index (χ3v) is 7.65. The minimum Gasteiger partial charge on any atom is -0.459 e. The fraction of sp³-hybridized carbons (Fsp3) is 0.222. The number of anilines is 1. The van der Waals surface area contributed by atoms with E-state index in [9.17, 15) is 13.2 Å². The van der Waals surface area contributed by atoms with Crippen molar-refractivity contribution in [2.75, 3.05) is 11.9 Å². The van der Waals surface area contributed by atoms with E-state index in [2.05, 4.69) is 10.3 Å². The van der Waals surface area contributed by atoms with Crippen molar-refractivity contribution in [3.8, 4) is 0 Å². The molecule has 0 saturated carbocycles. The van der Waals surface area contributed by atoms with Gasteiger partial charge in [-0.3, -0.25) is 10.1 Å². The molecule has 0 aliphatic carbocycles. The standard InChI is InChI=1S/C18H16ClN3O4S2/c1-11-4-5-12(19)9-16(11)28(24,25)22-7-6-13-15(10-22)27-18(20-13)21-17(23)14-3-2-8-26-14/h2-5,8-9H,6-7,10H2,1H3,(H,20,21,23). The van der Waals surface area contributed by atoms with Crippen molar-refractivity contribution in [1.82, 2.24) is 9.29 Å². The second kappa shape index (κ2) is 7.32. The summed E-state index contributed by atoms with van der Waals surface area (Å²) in [4.78, 5) is 17.6. The average molecular weight is 438 g/mol. The number of benzene rings is 1. The molecule has 2 aromatic heterocycles. The number of carbonyl (C=O) groups excluding carboxylic acids is 1. The number of hydrogen-bond donors (Lipinski definition) is 1. The molecule has 0 saturated heterocycles. The summed E-state index contributed by atoms with van der Waals surface area (Å²) in [6.45, 7) is 2.27. The summed E-state index contributed by atoms with van der Waals surface area (Å²) in [5.74, 6) is -0.205. The highest BCUT2D eigenvalue weighted by Gasteiger charge is 2.31. The van der Waals surface area contributed by atoms with Crippen LogP contribution in [0, 0.1) is 6.92 Å². The van der Waals surface area contributed by atoms with Crippen molar-refractivity contribution < 1.29 is 17.6 Å². The van der Waals surface area contributed by atoms with E-state index < -0.39 is 15.9 Å². The molecule has 1 N–H and O–H groups in total. The molecule has 0 atom stereocenters. The largest absolute Gasteiger partial charge is 0.459 e. The molecule has 3 aromatic rings. The molecule has 0 radical (unpaired) electrons. The second-order valence-corrected chi connectivity index (χ2v) is 9.75. The van der Waals surface area contributed by atoms with Crippen molar-refractivity contribution in [1.29, 1.82) is 0 Å². The Balaban J connectivity index is 1.56. The van der Waals surface area contributed by atoms with Crippen molar-refractivity contribution in [2.45, 2.75) is 24.8 Å². The molecule has 1 amide bonds. The van der Waals surface area contributed by atoms with E-state index in [0.29, 0.717) is 28.7 Å². The first-order valence-electron chi connectivity index (χ1n) is 8.44. The van der Waals surface area contributed by atoms with Gasteiger partial charge in [0.1, 0.15) is 0 Å². The van der Waals surface area contributed by atoms with Crippen LogP contribution in [0.2, 0.25) is 5.02 Å². The van der Waals surface area contributed by atoms with Crippen molar-refractivity contribution in [2.24, 2.45) is 0 Å². The molecule has 3 heterocycles. The van der Waals surface area contributed by atoms with Crippen LogP contribution in [0.1, 0.15) is 26.7 Å². The number of furan rings is 1. The van der Waals surface area contributed by atoms with Gasteiger partial charge < -0.3 is 4.42 Å². The summed E-state index contributed by atoms with van der Waals surface area (Å²) >= 11 is 7.26. The van der Waals surface area contributed by atoms with E-state index in [-0.39, 0.29) is 17.2 Å². The predicted molar refractivity (Wildman–Crippen MR) is 106 cm³/mol. The summed E-state index contributed by atoms with van der Waals surface area (Å²) in [5, 5.41) is 3.49. The first kappa shape index (κ1) is 19.1. The molecule has 0 fully saturated rings. The van der Waals surface area contributed by atoms with Gasteiger partial charge in [-0.25, -0.2) is 13.4 Å². The number of nitrogens with one attached hydrogen (secondary N) is 1. The smallest absolute Gasteiger partial charge is 0.293 e. The second-order valence-electron chi connectivity index (χ2n) is 6.32. The zero-order valence-corrected chi connectivity index (χ0v) is 17.2. The molecule has 7 nitrogen and oxygen atoms in total. The Morgan fingerprint density at radius 3 is 2.93 bits per heavy atom. The van der Waals surface area contributed by atoms with Crippen LogP contribution in [0.5, 0.6) is 0 Å². The van der Waals surface area contributed by atoms with Crippen molar-refractivity contribution >= 4 is 44.0 Å². The van der Waals surface area contributed by atoms with Crippen LogP contribution in [0.3, 0.4) is 0 Å². The summed E-state index contributed by atoms with van der Waals surface area (Å²) in [5.41, 5.74) is 1.44. The Morgan fingerprint density at radius 1 is 1.36 bits per heavy atom. The number of fused-ring (bicyclic) bond motifs is 1. The summed E-state index contributed by atoms with van der Waals surface area (Å²) in [7, 11) is -3.68. The molecule has 28 heavy (non-hydrogen) atoms. The van der Waals surface area contributed by atoms with Gasteiger partial charge in [-0.05, 0) is 36.8 Å². The number of nitrogens with zero attached hydrogens (tertiary/aromatic N) is 2. The van der Waals surface area contributed by atoms with Gasteiger partial charge >= 0.3 is 0 Å². The lowest BCUT2D eigenvalue weighted by Crippen LogP contribution is -2.35. The van der Waals surface area contributed by atoms with Gasteiger partial charge in [0.05, 0.1) is 23.4 Å². The molecule has 0 spiro atoms. The number of hydrogen-bond acceptors (Lipinski definition) is 6. The summed E-state index contributed by atoms with van der Waals surface area (Å²) in [6.07, 6.45) is 1.89. The van der Waals surface area contributed by atoms with Crippen LogP contribution in [0.15, 0.2) is 45.9 Å². The molecule has 10 heteroatoms. The van der Waals surface area contributed by atoms with Crippen molar-refractivity contribution in [3.63, 3.8) is 0 Å². The summed E-state index contributed by atoms with van der Waals surface area (Å²) in [6, 6.07) is 8.03. The number of aryl methyl sites for hydroxylation is 1. The molecule has 0 unspecified atom stereocenters. The van der Waals surface area contributed by atoms with Gasteiger partial charge in [0.25, 0.3) is 5.91 Å². The number of aromatic nitrogens is 1. The van der Waals surface area contributed by atoms with E-state index in [1.54, 1.807) is 31.2 Å². The maximum absolute atomic E-state index is 13.1. The lowest BCUT2D eigenvalue weighted by Gasteiger charge is -2.26. The fourth-order valence-electron chi connectivity index (χ4n) is 2.99. The van der Waals surface area contributed by atoms with E-state index >= 15 is 0 Å². The monoisotopic (exact) mass is 437 g/mol. The van der Waals surface area contributed by atoms with Gasteiger partial charge in [0.2, 0.25) is 10.0 Å². The van der Waals surface area contributed by atoms with Gasteiger partial charge in [0.15, 0.2) is 10.9 Å². The molecular formula is C18H16ClN3O4S2. The Bertz CT molecular complexity index is 1140. The van der Waals surface area contributed by atoms with Crippen LogP contribution in [-0.4, -0.2) is 30.2 Å². The zero-order valence-electron chi connectivity index (χ0n) is 14.8. The number of thiazole rings is 1. The van der Waals surface area contributed by atoms with E-state index in [0.717, 1.165) is 10.6 Å². The molecule has 146 valence electrons. The molecule has 0 bridgehead atoms. The average Bonchev–Trinajstić information content (AvgIpc) is 3.32. The van der Waals surface area contributed by atoms with Gasteiger partial charge in [0, 0.05) is 22.9 Å². The van der Waals surface area contributed by atoms with E-state index in [1.807, 2.05) is 0 Å². The Labute approximate surface area is 171 Å². The Kier molecular flexibility index (Phi) is 5.00.